The lowest BCUT2D eigenvalue weighted by Crippen LogP contribution is -2.09. The predicted octanol–water partition coefficient (Wildman–Crippen LogP) is 12.5. The Balaban J connectivity index is 1.07. The first-order valence-corrected chi connectivity index (χ1v) is 16.7. The van der Waals surface area contributed by atoms with Crippen LogP contribution in [0.5, 0.6) is 0 Å². The molecule has 0 atom stereocenters. The van der Waals surface area contributed by atoms with Crippen LogP contribution in [-0.4, -0.2) is 9.97 Å². The third-order valence-corrected chi connectivity index (χ3v) is 9.23. The van der Waals surface area contributed by atoms with E-state index in [0.717, 1.165) is 55.8 Å². The van der Waals surface area contributed by atoms with Crippen molar-refractivity contribution < 1.29 is 4.42 Å². The Bertz CT molecular complexity index is 2480. The summed E-state index contributed by atoms with van der Waals surface area (Å²) in [4.78, 5) is 11.2. The fourth-order valence-corrected chi connectivity index (χ4v) is 6.73. The lowest BCUT2D eigenvalue weighted by Gasteiger charge is -2.26. The first-order valence-electron chi connectivity index (χ1n) is 16.7. The van der Waals surface area contributed by atoms with E-state index >= 15 is 0 Å². The van der Waals surface area contributed by atoms with Crippen molar-refractivity contribution in [2.24, 2.45) is 0 Å². The van der Waals surface area contributed by atoms with Gasteiger partial charge in [0.1, 0.15) is 11.1 Å². The fraction of sp³-hybridized carbons (Fsp3) is 0. The molecule has 4 heteroatoms. The predicted molar refractivity (Wildman–Crippen MR) is 206 cm³/mol. The van der Waals surface area contributed by atoms with E-state index in [1.54, 1.807) is 12.4 Å². The lowest BCUT2D eigenvalue weighted by molar-refractivity contribution is 0.654. The number of para-hydroxylation sites is 1. The molecule has 0 N–H and O–H groups in total. The summed E-state index contributed by atoms with van der Waals surface area (Å²) >= 11 is 0. The molecule has 0 amide bonds. The molecule has 9 rings (SSSR count). The summed E-state index contributed by atoms with van der Waals surface area (Å²) < 4.78 is 6.20. The third kappa shape index (κ3) is 5.49. The van der Waals surface area contributed by atoms with Crippen LogP contribution in [0.25, 0.3) is 66.7 Å². The van der Waals surface area contributed by atoms with E-state index in [1.165, 1.54) is 22.3 Å². The Morgan fingerprint density at radius 1 is 0.380 bits per heavy atom. The topological polar surface area (TPSA) is 42.2 Å². The van der Waals surface area contributed by atoms with Gasteiger partial charge in [0.2, 0.25) is 5.71 Å². The molecule has 236 valence electrons. The molecule has 0 aliphatic heterocycles. The van der Waals surface area contributed by atoms with E-state index in [1.807, 2.05) is 6.07 Å². The number of benzene rings is 7. The van der Waals surface area contributed by atoms with Gasteiger partial charge in [-0.1, -0.05) is 127 Å². The highest BCUT2D eigenvalue weighted by molar-refractivity contribution is 6.06. The zero-order chi connectivity index (χ0) is 33.3. The maximum atomic E-state index is 6.20. The third-order valence-electron chi connectivity index (χ3n) is 9.23. The van der Waals surface area contributed by atoms with Crippen LogP contribution < -0.4 is 4.90 Å². The number of anilines is 3. The number of furan rings is 1. The van der Waals surface area contributed by atoms with Crippen molar-refractivity contribution in [1.82, 2.24) is 9.97 Å². The molecular formula is C46H31N3O. The van der Waals surface area contributed by atoms with Crippen LogP contribution in [-0.2, 0) is 0 Å². The average Bonchev–Trinajstić information content (AvgIpc) is 3.59. The SMILES string of the molecule is c1ccc(-c2ccc(N(c3ccc(-c4ccccc4)cc3)c3ccc(-c4cccc(-c5cccc6c5oc5nccnc56)c4)cc3)cc2)cc1. The second-order valence-corrected chi connectivity index (χ2v) is 12.3. The quantitative estimate of drug-likeness (QED) is 0.174. The molecule has 0 fully saturated rings. The number of hydrogen-bond donors (Lipinski definition) is 0. The van der Waals surface area contributed by atoms with Crippen LogP contribution in [0.4, 0.5) is 17.1 Å². The Labute approximate surface area is 290 Å². The molecule has 50 heavy (non-hydrogen) atoms. The van der Waals surface area contributed by atoms with E-state index in [9.17, 15) is 0 Å². The van der Waals surface area contributed by atoms with Gasteiger partial charge in [0.15, 0.2) is 0 Å². The Morgan fingerprint density at radius 2 is 0.840 bits per heavy atom. The fourth-order valence-electron chi connectivity index (χ4n) is 6.73. The summed E-state index contributed by atoms with van der Waals surface area (Å²) in [5.41, 5.74) is 14.5. The minimum absolute atomic E-state index is 0.552. The summed E-state index contributed by atoms with van der Waals surface area (Å²) in [7, 11) is 0. The number of hydrogen-bond acceptors (Lipinski definition) is 4. The van der Waals surface area contributed by atoms with Crippen molar-refractivity contribution >= 4 is 39.3 Å². The molecular weight excluding hydrogens is 611 g/mol. The summed E-state index contributed by atoms with van der Waals surface area (Å²) in [6, 6.07) is 62.2. The Kier molecular flexibility index (Phi) is 7.45. The van der Waals surface area contributed by atoms with E-state index in [2.05, 4.69) is 185 Å². The molecule has 0 aliphatic rings. The highest BCUT2D eigenvalue weighted by Crippen LogP contribution is 2.39. The zero-order valence-corrected chi connectivity index (χ0v) is 27.1. The number of nitrogens with zero attached hydrogens (tertiary/aromatic N) is 3. The molecule has 0 saturated heterocycles. The summed E-state index contributed by atoms with van der Waals surface area (Å²) in [5.74, 6) is 0. The van der Waals surface area contributed by atoms with Crippen molar-refractivity contribution in [3.63, 3.8) is 0 Å². The maximum absolute atomic E-state index is 6.20. The average molecular weight is 642 g/mol. The highest BCUT2D eigenvalue weighted by Gasteiger charge is 2.16. The van der Waals surface area contributed by atoms with E-state index in [-0.39, 0.29) is 0 Å². The molecule has 0 spiro atoms. The van der Waals surface area contributed by atoms with Gasteiger partial charge in [-0.25, -0.2) is 9.97 Å². The van der Waals surface area contributed by atoms with Crippen molar-refractivity contribution in [3.05, 3.63) is 188 Å². The van der Waals surface area contributed by atoms with Crippen LogP contribution in [0.1, 0.15) is 0 Å². The Hall–Kier alpha value is -6.78. The zero-order valence-electron chi connectivity index (χ0n) is 27.1. The molecule has 0 radical (unpaired) electrons. The van der Waals surface area contributed by atoms with Crippen LogP contribution in [0.2, 0.25) is 0 Å². The first-order chi connectivity index (χ1) is 24.8. The number of fused-ring (bicyclic) bond motifs is 3. The van der Waals surface area contributed by atoms with E-state index in [0.29, 0.717) is 5.71 Å². The largest absolute Gasteiger partial charge is 0.436 e. The van der Waals surface area contributed by atoms with Gasteiger partial charge in [-0.2, -0.15) is 0 Å². The van der Waals surface area contributed by atoms with Crippen molar-refractivity contribution in [2.75, 3.05) is 4.90 Å². The van der Waals surface area contributed by atoms with Gasteiger partial charge in [0.25, 0.3) is 0 Å². The first kappa shape index (κ1) is 29.4. The molecule has 7 aromatic carbocycles. The summed E-state index contributed by atoms with van der Waals surface area (Å²) in [6.45, 7) is 0. The smallest absolute Gasteiger partial charge is 0.246 e. The van der Waals surface area contributed by atoms with Gasteiger partial charge < -0.3 is 9.32 Å². The monoisotopic (exact) mass is 641 g/mol. The number of rotatable bonds is 7. The molecule has 0 bridgehead atoms. The van der Waals surface area contributed by atoms with Crippen LogP contribution in [0.3, 0.4) is 0 Å². The maximum Gasteiger partial charge on any atom is 0.246 e. The molecule has 9 aromatic rings. The summed E-state index contributed by atoms with van der Waals surface area (Å²) in [5, 5.41) is 0.967. The second-order valence-electron chi connectivity index (χ2n) is 12.3. The van der Waals surface area contributed by atoms with E-state index in [4.69, 9.17) is 4.42 Å². The minimum atomic E-state index is 0.552. The minimum Gasteiger partial charge on any atom is -0.436 e. The van der Waals surface area contributed by atoms with Gasteiger partial charge in [0.05, 0.1) is 0 Å². The lowest BCUT2D eigenvalue weighted by atomic mass is 9.97. The Morgan fingerprint density at radius 3 is 1.42 bits per heavy atom. The van der Waals surface area contributed by atoms with E-state index < -0.39 is 0 Å². The molecule has 0 unspecified atom stereocenters. The van der Waals surface area contributed by atoms with Gasteiger partial charge in [-0.15, -0.1) is 0 Å². The van der Waals surface area contributed by atoms with Gasteiger partial charge in [-0.3, -0.25) is 0 Å². The normalized spacial score (nSPS) is 11.2. The standard InChI is InChI=1S/C46H31N3O/c1-3-9-32(10-4-1)34-17-23-39(24-18-34)49(40-25-19-35(20-26-40)33-11-5-2-6-12-33)41-27-21-36(22-28-41)37-13-7-14-38(31-37)42-15-8-16-43-44-46(50-45(42)43)48-30-29-47-44/h1-31H. The van der Waals surface area contributed by atoms with Crippen LogP contribution in [0.15, 0.2) is 193 Å². The molecule has 4 nitrogen and oxygen atoms in total. The van der Waals surface area contributed by atoms with Gasteiger partial charge in [-0.05, 0) is 87.5 Å². The van der Waals surface area contributed by atoms with Crippen LogP contribution in [0, 0.1) is 0 Å². The van der Waals surface area contributed by atoms with Crippen molar-refractivity contribution in [2.45, 2.75) is 0 Å². The number of aromatic nitrogens is 2. The van der Waals surface area contributed by atoms with Gasteiger partial charge >= 0.3 is 0 Å². The molecule has 2 heterocycles. The van der Waals surface area contributed by atoms with Crippen molar-refractivity contribution in [3.8, 4) is 44.5 Å². The van der Waals surface area contributed by atoms with Crippen LogP contribution >= 0.6 is 0 Å². The molecule has 0 saturated carbocycles. The summed E-state index contributed by atoms with van der Waals surface area (Å²) in [6.07, 6.45) is 3.37. The highest BCUT2D eigenvalue weighted by atomic mass is 16.3. The second kappa shape index (κ2) is 12.7. The van der Waals surface area contributed by atoms with Gasteiger partial charge in [0, 0.05) is 40.4 Å². The molecule has 0 aliphatic carbocycles. The van der Waals surface area contributed by atoms with Crippen molar-refractivity contribution in [1.29, 1.82) is 0 Å². The molecule has 2 aromatic heterocycles.